The highest BCUT2D eigenvalue weighted by Crippen LogP contribution is 2.47. The van der Waals surface area contributed by atoms with Crippen LogP contribution in [0.5, 0.6) is 0 Å². The van der Waals surface area contributed by atoms with Crippen LogP contribution < -0.4 is 5.73 Å². The Labute approximate surface area is 137 Å². The standard InChI is InChI=1S/C16H15N5OS/c17-14(22)16(5-6-16)15-19-13(10-12-2-1-9-23-12)20-21(15)11-3-7-18-8-4-11/h1-4,7-9H,5-6,10H2,(H2,17,22). The minimum Gasteiger partial charge on any atom is -0.369 e. The van der Waals surface area contributed by atoms with Gasteiger partial charge in [-0.3, -0.25) is 9.78 Å². The van der Waals surface area contributed by atoms with Gasteiger partial charge in [-0.1, -0.05) is 6.07 Å². The van der Waals surface area contributed by atoms with Gasteiger partial charge in [-0.25, -0.2) is 9.67 Å². The van der Waals surface area contributed by atoms with Gasteiger partial charge >= 0.3 is 0 Å². The highest BCUT2D eigenvalue weighted by atomic mass is 32.1. The normalized spacial score (nSPS) is 15.5. The van der Waals surface area contributed by atoms with Crippen LogP contribution in [0.1, 0.15) is 29.4 Å². The van der Waals surface area contributed by atoms with Crippen LogP contribution in [0, 0.1) is 0 Å². The summed E-state index contributed by atoms with van der Waals surface area (Å²) in [5.41, 5.74) is 5.79. The smallest absolute Gasteiger partial charge is 0.231 e. The molecule has 4 rings (SSSR count). The van der Waals surface area contributed by atoms with Crippen LogP contribution in [0.25, 0.3) is 5.69 Å². The van der Waals surface area contributed by atoms with Crippen molar-refractivity contribution in [1.82, 2.24) is 19.7 Å². The van der Waals surface area contributed by atoms with Crippen LogP contribution in [-0.4, -0.2) is 25.7 Å². The van der Waals surface area contributed by atoms with E-state index in [1.165, 1.54) is 4.88 Å². The largest absolute Gasteiger partial charge is 0.369 e. The molecule has 23 heavy (non-hydrogen) atoms. The molecule has 0 radical (unpaired) electrons. The molecule has 6 nitrogen and oxygen atoms in total. The maximum absolute atomic E-state index is 11.9. The van der Waals surface area contributed by atoms with Crippen molar-refractivity contribution in [2.45, 2.75) is 24.7 Å². The summed E-state index contributed by atoms with van der Waals surface area (Å²) in [4.78, 5) is 21.8. The van der Waals surface area contributed by atoms with E-state index >= 15 is 0 Å². The molecule has 0 unspecified atom stereocenters. The van der Waals surface area contributed by atoms with E-state index in [4.69, 9.17) is 5.73 Å². The number of nitrogens with zero attached hydrogens (tertiary/aromatic N) is 4. The Kier molecular flexibility index (Phi) is 3.23. The first-order valence-corrected chi connectivity index (χ1v) is 8.26. The first-order valence-electron chi connectivity index (χ1n) is 7.38. The average Bonchev–Trinajstić information content (AvgIpc) is 3.02. The third-order valence-corrected chi connectivity index (χ3v) is 5.00. The SMILES string of the molecule is NC(=O)C1(c2nc(Cc3cccs3)nn2-c2ccncc2)CC1. The lowest BCUT2D eigenvalue weighted by Crippen LogP contribution is -2.31. The van der Waals surface area contributed by atoms with E-state index in [0.29, 0.717) is 18.1 Å². The minimum absolute atomic E-state index is 0.331. The van der Waals surface area contributed by atoms with E-state index in [1.807, 2.05) is 23.6 Å². The van der Waals surface area contributed by atoms with Crippen LogP contribution >= 0.6 is 11.3 Å². The van der Waals surface area contributed by atoms with E-state index in [-0.39, 0.29) is 5.91 Å². The molecule has 1 fully saturated rings. The molecule has 116 valence electrons. The van der Waals surface area contributed by atoms with Gasteiger partial charge in [-0.15, -0.1) is 11.3 Å². The number of primary amides is 1. The molecule has 1 aliphatic rings. The molecular weight excluding hydrogens is 310 g/mol. The number of hydrogen-bond donors (Lipinski definition) is 1. The fraction of sp³-hybridized carbons (Fsp3) is 0.250. The molecule has 0 saturated heterocycles. The highest BCUT2D eigenvalue weighted by Gasteiger charge is 2.54. The molecule has 0 spiro atoms. The molecule has 3 heterocycles. The number of pyridine rings is 1. The number of amides is 1. The topological polar surface area (TPSA) is 86.7 Å². The fourth-order valence-corrected chi connectivity index (χ4v) is 3.38. The first kappa shape index (κ1) is 14.1. The quantitative estimate of drug-likeness (QED) is 0.775. The Balaban J connectivity index is 1.80. The Morgan fingerprint density at radius 2 is 2.09 bits per heavy atom. The number of rotatable bonds is 5. The molecule has 1 aliphatic carbocycles. The number of hydrogen-bond acceptors (Lipinski definition) is 5. The Morgan fingerprint density at radius 1 is 1.30 bits per heavy atom. The highest BCUT2D eigenvalue weighted by molar-refractivity contribution is 7.09. The predicted molar refractivity (Wildman–Crippen MR) is 86.4 cm³/mol. The lowest BCUT2D eigenvalue weighted by atomic mass is 10.1. The van der Waals surface area contributed by atoms with Crippen molar-refractivity contribution < 1.29 is 4.79 Å². The van der Waals surface area contributed by atoms with E-state index in [0.717, 1.165) is 18.5 Å². The summed E-state index contributed by atoms with van der Waals surface area (Å²) in [5, 5.41) is 6.65. The molecule has 2 N–H and O–H groups in total. The molecule has 3 aromatic rings. The number of thiophene rings is 1. The van der Waals surface area contributed by atoms with Crippen molar-refractivity contribution in [3.8, 4) is 5.69 Å². The summed E-state index contributed by atoms with van der Waals surface area (Å²) in [6, 6.07) is 7.76. The summed E-state index contributed by atoms with van der Waals surface area (Å²) >= 11 is 1.67. The third-order valence-electron chi connectivity index (χ3n) is 4.12. The molecule has 1 saturated carbocycles. The fourth-order valence-electron chi connectivity index (χ4n) is 2.68. The Morgan fingerprint density at radius 3 is 2.70 bits per heavy atom. The van der Waals surface area contributed by atoms with Crippen molar-refractivity contribution in [3.63, 3.8) is 0 Å². The third kappa shape index (κ3) is 2.43. The summed E-state index contributed by atoms with van der Waals surface area (Å²) in [6.07, 6.45) is 5.50. The van der Waals surface area contributed by atoms with Gasteiger partial charge in [0.25, 0.3) is 0 Å². The molecule has 7 heteroatoms. The molecule has 3 aromatic heterocycles. The zero-order valence-corrected chi connectivity index (χ0v) is 13.2. The van der Waals surface area contributed by atoms with Crippen LogP contribution in [0.4, 0.5) is 0 Å². The van der Waals surface area contributed by atoms with E-state index in [2.05, 4.69) is 21.1 Å². The Hall–Kier alpha value is -2.54. The van der Waals surface area contributed by atoms with Gasteiger partial charge in [0.2, 0.25) is 5.91 Å². The minimum atomic E-state index is -0.677. The zero-order chi connectivity index (χ0) is 15.9. The number of carbonyl (C=O) groups is 1. The second-order valence-corrected chi connectivity index (χ2v) is 6.70. The first-order chi connectivity index (χ1) is 11.2. The average molecular weight is 325 g/mol. The monoisotopic (exact) mass is 325 g/mol. The van der Waals surface area contributed by atoms with Crippen LogP contribution in [0.3, 0.4) is 0 Å². The molecule has 0 bridgehead atoms. The summed E-state index contributed by atoms with van der Waals surface area (Å²) < 4.78 is 1.74. The maximum Gasteiger partial charge on any atom is 0.231 e. The van der Waals surface area contributed by atoms with Crippen molar-refractivity contribution >= 4 is 17.2 Å². The maximum atomic E-state index is 11.9. The zero-order valence-electron chi connectivity index (χ0n) is 12.3. The van der Waals surface area contributed by atoms with Crippen LogP contribution in [0.15, 0.2) is 42.0 Å². The molecular formula is C16H15N5OS. The van der Waals surface area contributed by atoms with Gasteiger partial charge in [0.05, 0.1) is 5.69 Å². The summed E-state index contributed by atoms with van der Waals surface area (Å²) in [7, 11) is 0. The van der Waals surface area contributed by atoms with Gasteiger partial charge in [-0.2, -0.15) is 5.10 Å². The van der Waals surface area contributed by atoms with Gasteiger partial charge in [0.1, 0.15) is 11.2 Å². The van der Waals surface area contributed by atoms with Crippen LogP contribution in [0.2, 0.25) is 0 Å². The van der Waals surface area contributed by atoms with E-state index < -0.39 is 5.41 Å². The second-order valence-electron chi connectivity index (χ2n) is 5.67. The lowest BCUT2D eigenvalue weighted by molar-refractivity contribution is -0.120. The van der Waals surface area contributed by atoms with E-state index in [9.17, 15) is 4.79 Å². The van der Waals surface area contributed by atoms with Gasteiger partial charge < -0.3 is 5.73 Å². The lowest BCUT2D eigenvalue weighted by Gasteiger charge is -2.11. The summed E-state index contributed by atoms with van der Waals surface area (Å²) in [5.74, 6) is 1.01. The van der Waals surface area contributed by atoms with Gasteiger partial charge in [0.15, 0.2) is 5.82 Å². The van der Waals surface area contributed by atoms with Crippen molar-refractivity contribution in [2.75, 3.05) is 0 Å². The molecule has 0 aromatic carbocycles. The van der Waals surface area contributed by atoms with Crippen molar-refractivity contribution in [2.24, 2.45) is 5.73 Å². The van der Waals surface area contributed by atoms with Crippen molar-refractivity contribution in [3.05, 3.63) is 58.6 Å². The number of nitrogens with two attached hydrogens (primary N) is 1. The Bertz CT molecular complexity index is 837. The number of aromatic nitrogens is 4. The molecule has 0 aliphatic heterocycles. The molecule has 1 amide bonds. The van der Waals surface area contributed by atoms with Crippen LogP contribution in [-0.2, 0) is 16.6 Å². The van der Waals surface area contributed by atoms with E-state index in [1.54, 1.807) is 28.4 Å². The number of carbonyl (C=O) groups excluding carboxylic acids is 1. The predicted octanol–water partition coefficient (Wildman–Crippen LogP) is 1.83. The second kappa shape index (κ2) is 5.27. The van der Waals surface area contributed by atoms with Crippen molar-refractivity contribution in [1.29, 1.82) is 0 Å². The summed E-state index contributed by atoms with van der Waals surface area (Å²) in [6.45, 7) is 0. The molecule has 0 atom stereocenters. The van der Waals surface area contributed by atoms with Gasteiger partial charge in [-0.05, 0) is 36.4 Å². The van der Waals surface area contributed by atoms with Gasteiger partial charge in [0, 0.05) is 23.7 Å².